The first-order chi connectivity index (χ1) is 13.6. The van der Waals surface area contributed by atoms with E-state index in [4.69, 9.17) is 4.42 Å². The smallest absolute Gasteiger partial charge is 0.341 e. The van der Waals surface area contributed by atoms with Gasteiger partial charge in [0.25, 0.3) is 0 Å². The molecule has 0 N–H and O–H groups in total. The van der Waals surface area contributed by atoms with E-state index in [-0.39, 0.29) is 0 Å². The Balaban J connectivity index is 1.45. The van der Waals surface area contributed by atoms with Crippen LogP contribution in [0, 0.1) is 0 Å². The van der Waals surface area contributed by atoms with Gasteiger partial charge in [0.1, 0.15) is 11.6 Å². The Labute approximate surface area is 161 Å². The first-order valence-electron chi connectivity index (χ1n) is 9.34. The van der Waals surface area contributed by atoms with Gasteiger partial charge in [-0.2, -0.15) is 0 Å². The van der Waals surface area contributed by atoms with Crippen LogP contribution >= 0.6 is 0 Å². The Morgan fingerprint density at radius 1 is 1.18 bits per heavy atom. The first kappa shape index (κ1) is 17.1. The Kier molecular flexibility index (Phi) is 4.01. The van der Waals surface area contributed by atoms with E-state index in [1.165, 1.54) is 6.20 Å². The molecule has 1 fully saturated rings. The van der Waals surface area contributed by atoms with Crippen molar-refractivity contribution in [2.24, 2.45) is 9.98 Å². The zero-order chi connectivity index (χ0) is 19.3. The third kappa shape index (κ3) is 2.99. The molecule has 1 aromatic carbocycles. The summed E-state index contributed by atoms with van der Waals surface area (Å²) in [5.41, 5.74) is 1.68. The Hall–Kier alpha value is -3.00. The summed E-state index contributed by atoms with van der Waals surface area (Å²) in [6.45, 7) is 4.29. The molecule has 1 atom stereocenters. The summed E-state index contributed by atoms with van der Waals surface area (Å²) in [7, 11) is 2.12. The standard InChI is InChI=1S/C20H20FN5O2/c1-24-4-6-25(7-5-24)15-3-2-13-8-16(19(27)28-18(13)9-15)17-12-26-11-14(21)10-22-20(26)23-17/h2-3,8-11,17H,4-7,12H2,1H3. The van der Waals surface area contributed by atoms with Gasteiger partial charge in [0.15, 0.2) is 5.83 Å². The molecule has 4 heterocycles. The minimum atomic E-state index is -0.429. The van der Waals surface area contributed by atoms with Crippen molar-refractivity contribution >= 4 is 28.8 Å². The van der Waals surface area contributed by atoms with Crippen LogP contribution < -0.4 is 10.5 Å². The summed E-state index contributed by atoms with van der Waals surface area (Å²) in [6, 6.07) is 7.36. The largest absolute Gasteiger partial charge is 0.422 e. The molecular formula is C20H20FN5O2. The molecule has 144 valence electrons. The highest BCUT2D eigenvalue weighted by molar-refractivity contribution is 5.96. The van der Waals surface area contributed by atoms with Crippen LogP contribution in [0.25, 0.3) is 11.0 Å². The molecule has 0 saturated carbocycles. The summed E-state index contributed by atoms with van der Waals surface area (Å²) in [4.78, 5) is 27.2. The maximum absolute atomic E-state index is 13.4. The average Bonchev–Trinajstić information content (AvgIpc) is 3.10. The van der Waals surface area contributed by atoms with Crippen molar-refractivity contribution in [3.05, 3.63) is 52.3 Å². The number of fused-ring (bicyclic) bond motifs is 2. The monoisotopic (exact) mass is 381 g/mol. The third-order valence-corrected chi connectivity index (χ3v) is 5.45. The maximum atomic E-state index is 13.4. The lowest BCUT2D eigenvalue weighted by Gasteiger charge is -2.34. The molecule has 0 radical (unpaired) electrons. The van der Waals surface area contributed by atoms with E-state index in [1.807, 2.05) is 18.2 Å². The minimum absolute atomic E-state index is 0.371. The Morgan fingerprint density at radius 3 is 2.82 bits per heavy atom. The summed E-state index contributed by atoms with van der Waals surface area (Å²) in [5, 5.41) is 0.850. The topological polar surface area (TPSA) is 64.7 Å². The molecule has 3 aliphatic rings. The van der Waals surface area contributed by atoms with Crippen molar-refractivity contribution in [2.45, 2.75) is 6.04 Å². The lowest BCUT2D eigenvalue weighted by molar-refractivity contribution is 0.313. The van der Waals surface area contributed by atoms with Crippen LogP contribution in [0.4, 0.5) is 10.1 Å². The van der Waals surface area contributed by atoms with Gasteiger partial charge in [-0.25, -0.2) is 19.2 Å². The number of anilines is 1. The summed E-state index contributed by atoms with van der Waals surface area (Å²) in [5.74, 6) is -0.0158. The van der Waals surface area contributed by atoms with Crippen molar-refractivity contribution in [1.82, 2.24) is 9.80 Å². The molecule has 7 nitrogen and oxygen atoms in total. The van der Waals surface area contributed by atoms with Gasteiger partial charge in [0, 0.05) is 49.5 Å². The number of guanidine groups is 1. The van der Waals surface area contributed by atoms with Crippen molar-refractivity contribution in [3.63, 3.8) is 0 Å². The van der Waals surface area contributed by atoms with Gasteiger partial charge in [-0.1, -0.05) is 0 Å². The van der Waals surface area contributed by atoms with Gasteiger partial charge in [0.05, 0.1) is 18.3 Å². The fraction of sp³-hybridized carbons (Fsp3) is 0.350. The second-order valence-electron chi connectivity index (χ2n) is 7.37. The number of hydrogen-bond donors (Lipinski definition) is 0. The number of likely N-dealkylation sites (N-methyl/N-ethyl adjacent to an activating group) is 1. The van der Waals surface area contributed by atoms with Gasteiger partial charge < -0.3 is 19.1 Å². The minimum Gasteiger partial charge on any atom is -0.422 e. The fourth-order valence-corrected chi connectivity index (χ4v) is 3.82. The van der Waals surface area contributed by atoms with E-state index in [0.717, 1.165) is 43.5 Å². The third-order valence-electron chi connectivity index (χ3n) is 5.45. The van der Waals surface area contributed by atoms with Crippen LogP contribution in [0.1, 0.15) is 11.6 Å². The van der Waals surface area contributed by atoms with Crippen LogP contribution in [-0.4, -0.2) is 61.7 Å². The molecular weight excluding hydrogens is 361 g/mol. The SMILES string of the molecule is CN1CCN(c2ccc3cc(C4CN5C=C(F)C=NC5=N4)c(=O)oc3c2)CC1. The molecule has 1 unspecified atom stereocenters. The quantitative estimate of drug-likeness (QED) is 0.746. The summed E-state index contributed by atoms with van der Waals surface area (Å²) >= 11 is 0. The molecule has 0 spiro atoms. The highest BCUT2D eigenvalue weighted by Gasteiger charge is 2.29. The molecule has 0 amide bonds. The van der Waals surface area contributed by atoms with Gasteiger partial charge in [-0.05, 0) is 25.2 Å². The van der Waals surface area contributed by atoms with E-state index in [0.29, 0.717) is 23.7 Å². The number of nitrogens with zero attached hydrogens (tertiary/aromatic N) is 5. The first-order valence-corrected chi connectivity index (χ1v) is 9.34. The van der Waals surface area contributed by atoms with Gasteiger partial charge in [0.2, 0.25) is 5.96 Å². The summed E-state index contributed by atoms with van der Waals surface area (Å²) in [6.07, 6.45) is 2.47. The van der Waals surface area contributed by atoms with Crippen LogP contribution in [0.5, 0.6) is 0 Å². The number of halogens is 1. The molecule has 2 aromatic rings. The van der Waals surface area contributed by atoms with Crippen molar-refractivity contribution < 1.29 is 8.81 Å². The Morgan fingerprint density at radius 2 is 2.00 bits per heavy atom. The normalized spacial score (nSPS) is 22.4. The van der Waals surface area contributed by atoms with Crippen LogP contribution in [0.2, 0.25) is 0 Å². The number of piperazine rings is 1. The average molecular weight is 381 g/mol. The molecule has 5 rings (SSSR count). The lowest BCUT2D eigenvalue weighted by atomic mass is 10.1. The molecule has 8 heteroatoms. The second-order valence-corrected chi connectivity index (χ2v) is 7.37. The number of benzene rings is 1. The molecule has 3 aliphatic heterocycles. The Bertz CT molecular complexity index is 1080. The predicted molar refractivity (Wildman–Crippen MR) is 107 cm³/mol. The lowest BCUT2D eigenvalue weighted by Crippen LogP contribution is -2.44. The number of hydrogen-bond acceptors (Lipinski definition) is 7. The summed E-state index contributed by atoms with van der Waals surface area (Å²) < 4.78 is 19.0. The number of allylic oxidation sites excluding steroid dienone is 1. The zero-order valence-corrected chi connectivity index (χ0v) is 15.5. The number of aliphatic imine (C=N–C) groups is 2. The molecule has 28 heavy (non-hydrogen) atoms. The van der Waals surface area contributed by atoms with Crippen LogP contribution in [0.15, 0.2) is 55.5 Å². The molecule has 1 saturated heterocycles. The van der Waals surface area contributed by atoms with E-state index in [1.54, 1.807) is 4.90 Å². The predicted octanol–water partition coefficient (Wildman–Crippen LogP) is 2.15. The van der Waals surface area contributed by atoms with E-state index in [9.17, 15) is 9.18 Å². The highest BCUT2D eigenvalue weighted by atomic mass is 19.1. The molecule has 0 bridgehead atoms. The van der Waals surface area contributed by atoms with E-state index >= 15 is 0 Å². The van der Waals surface area contributed by atoms with Crippen LogP contribution in [0.3, 0.4) is 0 Å². The molecule has 0 aliphatic carbocycles. The van der Waals surface area contributed by atoms with Crippen molar-refractivity contribution in [3.8, 4) is 0 Å². The zero-order valence-electron chi connectivity index (χ0n) is 15.5. The van der Waals surface area contributed by atoms with Gasteiger partial charge in [-0.15, -0.1) is 0 Å². The highest BCUT2D eigenvalue weighted by Crippen LogP contribution is 2.29. The fourth-order valence-electron chi connectivity index (χ4n) is 3.82. The maximum Gasteiger partial charge on any atom is 0.341 e. The van der Waals surface area contributed by atoms with E-state index in [2.05, 4.69) is 32.9 Å². The van der Waals surface area contributed by atoms with Crippen molar-refractivity contribution in [1.29, 1.82) is 0 Å². The van der Waals surface area contributed by atoms with Gasteiger partial charge in [-0.3, -0.25) is 0 Å². The van der Waals surface area contributed by atoms with Crippen LogP contribution in [-0.2, 0) is 0 Å². The molecule has 1 aromatic heterocycles. The van der Waals surface area contributed by atoms with Gasteiger partial charge >= 0.3 is 5.63 Å². The van der Waals surface area contributed by atoms with E-state index < -0.39 is 17.5 Å². The van der Waals surface area contributed by atoms with Crippen molar-refractivity contribution in [2.75, 3.05) is 44.7 Å². The second kappa shape index (κ2) is 6.56. The number of rotatable bonds is 2.